The van der Waals surface area contributed by atoms with Crippen LogP contribution in [0.15, 0.2) is 12.1 Å². The van der Waals surface area contributed by atoms with Crippen LogP contribution < -0.4 is 5.32 Å². The van der Waals surface area contributed by atoms with Crippen molar-refractivity contribution in [3.05, 3.63) is 22.8 Å². The molecule has 0 bridgehead atoms. The molecule has 3 heteroatoms. The predicted molar refractivity (Wildman–Crippen MR) is 57.3 cm³/mol. The number of hydrogen-bond acceptors (Lipinski definition) is 2. The number of pyridine rings is 1. The van der Waals surface area contributed by atoms with Crippen LogP contribution in [0.25, 0.3) is 0 Å². The van der Waals surface area contributed by atoms with Crippen LogP contribution in [0.2, 0.25) is 5.15 Å². The van der Waals surface area contributed by atoms with Gasteiger partial charge in [-0.25, -0.2) is 4.98 Å². The molecule has 0 aliphatic heterocycles. The highest BCUT2D eigenvalue weighted by atomic mass is 35.5. The van der Waals surface area contributed by atoms with Gasteiger partial charge in [-0.1, -0.05) is 25.4 Å². The topological polar surface area (TPSA) is 24.9 Å². The molecule has 1 rings (SSSR count). The molecule has 0 unspecified atom stereocenters. The van der Waals surface area contributed by atoms with E-state index < -0.39 is 0 Å². The van der Waals surface area contributed by atoms with E-state index in [1.54, 1.807) is 0 Å². The van der Waals surface area contributed by atoms with E-state index in [9.17, 15) is 0 Å². The van der Waals surface area contributed by atoms with E-state index in [0.717, 1.165) is 17.9 Å². The third kappa shape index (κ3) is 3.64. The Morgan fingerprint density at radius 3 is 2.69 bits per heavy atom. The molecule has 0 saturated heterocycles. The van der Waals surface area contributed by atoms with Gasteiger partial charge in [-0.05, 0) is 30.5 Å². The molecule has 0 radical (unpaired) electrons. The van der Waals surface area contributed by atoms with E-state index in [1.807, 2.05) is 19.1 Å². The summed E-state index contributed by atoms with van der Waals surface area (Å²) in [6.45, 7) is 7.25. The fourth-order valence-electron chi connectivity index (χ4n) is 1.02. The first-order valence-electron chi connectivity index (χ1n) is 4.46. The molecule has 1 aromatic heterocycles. The van der Waals surface area contributed by atoms with Crippen LogP contribution in [0.4, 0.5) is 5.82 Å². The molecule has 0 atom stereocenters. The molecule has 0 spiro atoms. The summed E-state index contributed by atoms with van der Waals surface area (Å²) in [5.41, 5.74) is 1.13. The molecule has 0 fully saturated rings. The van der Waals surface area contributed by atoms with Gasteiger partial charge in [0.25, 0.3) is 0 Å². The van der Waals surface area contributed by atoms with Crippen LogP contribution in [0.3, 0.4) is 0 Å². The maximum Gasteiger partial charge on any atom is 0.131 e. The first-order valence-corrected chi connectivity index (χ1v) is 4.84. The smallest absolute Gasteiger partial charge is 0.131 e. The van der Waals surface area contributed by atoms with E-state index in [4.69, 9.17) is 11.6 Å². The van der Waals surface area contributed by atoms with E-state index in [0.29, 0.717) is 11.1 Å². The van der Waals surface area contributed by atoms with Crippen molar-refractivity contribution in [2.75, 3.05) is 11.9 Å². The zero-order valence-corrected chi connectivity index (χ0v) is 9.02. The van der Waals surface area contributed by atoms with Crippen LogP contribution in [0, 0.1) is 12.8 Å². The second-order valence-corrected chi connectivity index (χ2v) is 4.01. The van der Waals surface area contributed by atoms with Gasteiger partial charge >= 0.3 is 0 Å². The van der Waals surface area contributed by atoms with Crippen molar-refractivity contribution in [3.8, 4) is 0 Å². The molecule has 1 heterocycles. The van der Waals surface area contributed by atoms with Gasteiger partial charge in [0.15, 0.2) is 0 Å². The standard InChI is InChI=1S/C10H15ClN2/c1-7(2)6-12-10-5-8(3)4-9(11)13-10/h4-5,7H,6H2,1-3H3,(H,12,13). The number of nitrogens with zero attached hydrogens (tertiary/aromatic N) is 1. The number of nitrogens with one attached hydrogen (secondary N) is 1. The molecule has 13 heavy (non-hydrogen) atoms. The van der Waals surface area contributed by atoms with Gasteiger partial charge in [0.05, 0.1) is 0 Å². The Kier molecular flexibility index (Phi) is 3.55. The summed E-state index contributed by atoms with van der Waals surface area (Å²) in [5, 5.41) is 3.78. The van der Waals surface area contributed by atoms with Gasteiger partial charge in [0.1, 0.15) is 11.0 Å². The fourth-order valence-corrected chi connectivity index (χ4v) is 1.29. The second-order valence-electron chi connectivity index (χ2n) is 3.63. The van der Waals surface area contributed by atoms with Crippen molar-refractivity contribution in [3.63, 3.8) is 0 Å². The lowest BCUT2D eigenvalue weighted by Gasteiger charge is -2.08. The summed E-state index contributed by atoms with van der Waals surface area (Å²) in [4.78, 5) is 4.16. The van der Waals surface area contributed by atoms with Crippen molar-refractivity contribution in [2.45, 2.75) is 20.8 Å². The monoisotopic (exact) mass is 198 g/mol. The van der Waals surface area contributed by atoms with Crippen LogP contribution >= 0.6 is 11.6 Å². The molecule has 2 nitrogen and oxygen atoms in total. The minimum Gasteiger partial charge on any atom is -0.370 e. The summed E-state index contributed by atoms with van der Waals surface area (Å²) < 4.78 is 0. The zero-order valence-electron chi connectivity index (χ0n) is 8.26. The van der Waals surface area contributed by atoms with Crippen molar-refractivity contribution in [2.24, 2.45) is 5.92 Å². The number of halogens is 1. The summed E-state index contributed by atoms with van der Waals surface area (Å²) in [6.07, 6.45) is 0. The quantitative estimate of drug-likeness (QED) is 0.755. The molecule has 0 aliphatic carbocycles. The second kappa shape index (κ2) is 4.47. The first-order chi connectivity index (χ1) is 6.08. The largest absolute Gasteiger partial charge is 0.370 e. The average molecular weight is 199 g/mol. The fraction of sp³-hybridized carbons (Fsp3) is 0.500. The van der Waals surface area contributed by atoms with Crippen LogP contribution in [0.1, 0.15) is 19.4 Å². The summed E-state index contributed by atoms with van der Waals surface area (Å²) >= 11 is 5.81. The van der Waals surface area contributed by atoms with E-state index in [2.05, 4.69) is 24.1 Å². The molecule has 1 N–H and O–H groups in total. The number of rotatable bonds is 3. The third-order valence-corrected chi connectivity index (χ3v) is 1.82. The predicted octanol–water partition coefficient (Wildman–Crippen LogP) is 3.11. The highest BCUT2D eigenvalue weighted by Gasteiger charge is 1.98. The Hall–Kier alpha value is -0.760. The lowest BCUT2D eigenvalue weighted by molar-refractivity contribution is 0.687. The zero-order chi connectivity index (χ0) is 9.84. The van der Waals surface area contributed by atoms with Gasteiger partial charge < -0.3 is 5.32 Å². The minimum atomic E-state index is 0.547. The Balaban J connectivity index is 2.66. The normalized spacial score (nSPS) is 10.5. The van der Waals surface area contributed by atoms with Crippen LogP contribution in [-0.4, -0.2) is 11.5 Å². The Labute approximate surface area is 84.3 Å². The molecule has 0 aliphatic rings. The molecular weight excluding hydrogens is 184 g/mol. The number of aryl methyl sites for hydroxylation is 1. The molecule has 0 aromatic carbocycles. The minimum absolute atomic E-state index is 0.547. The maximum absolute atomic E-state index is 5.81. The lowest BCUT2D eigenvalue weighted by Crippen LogP contribution is -2.09. The highest BCUT2D eigenvalue weighted by molar-refractivity contribution is 6.29. The third-order valence-electron chi connectivity index (χ3n) is 1.63. The summed E-state index contributed by atoms with van der Waals surface area (Å²) in [6, 6.07) is 3.84. The van der Waals surface area contributed by atoms with Gasteiger partial charge in [-0.3, -0.25) is 0 Å². The van der Waals surface area contributed by atoms with Crippen molar-refractivity contribution in [1.82, 2.24) is 4.98 Å². The number of aromatic nitrogens is 1. The molecule has 72 valence electrons. The van der Waals surface area contributed by atoms with E-state index in [1.165, 1.54) is 0 Å². The molecule has 0 saturated carbocycles. The molecule has 1 aromatic rings. The molecule has 0 amide bonds. The SMILES string of the molecule is Cc1cc(Cl)nc(NCC(C)C)c1. The van der Waals surface area contributed by atoms with Gasteiger partial charge in [0.2, 0.25) is 0 Å². The van der Waals surface area contributed by atoms with Gasteiger partial charge in [-0.15, -0.1) is 0 Å². The van der Waals surface area contributed by atoms with E-state index in [-0.39, 0.29) is 0 Å². The average Bonchev–Trinajstić information content (AvgIpc) is 1.99. The number of anilines is 1. The Morgan fingerprint density at radius 2 is 2.15 bits per heavy atom. The van der Waals surface area contributed by atoms with Gasteiger partial charge in [-0.2, -0.15) is 0 Å². The number of hydrogen-bond donors (Lipinski definition) is 1. The van der Waals surface area contributed by atoms with E-state index >= 15 is 0 Å². The summed E-state index contributed by atoms with van der Waals surface area (Å²) in [7, 11) is 0. The Bertz CT molecular complexity index is 264. The van der Waals surface area contributed by atoms with Gasteiger partial charge in [0, 0.05) is 6.54 Å². The van der Waals surface area contributed by atoms with Crippen LogP contribution in [0.5, 0.6) is 0 Å². The van der Waals surface area contributed by atoms with Crippen molar-refractivity contribution in [1.29, 1.82) is 0 Å². The Morgan fingerprint density at radius 1 is 1.46 bits per heavy atom. The lowest BCUT2D eigenvalue weighted by atomic mass is 10.2. The van der Waals surface area contributed by atoms with Crippen molar-refractivity contribution >= 4 is 17.4 Å². The maximum atomic E-state index is 5.81. The first kappa shape index (κ1) is 10.3. The van der Waals surface area contributed by atoms with Crippen molar-refractivity contribution < 1.29 is 0 Å². The molecular formula is C10H15ClN2. The summed E-state index contributed by atoms with van der Waals surface area (Å²) in [5.74, 6) is 1.47. The highest BCUT2D eigenvalue weighted by Crippen LogP contribution is 2.13. The van der Waals surface area contributed by atoms with Crippen LogP contribution in [-0.2, 0) is 0 Å².